The number of hydrogen-bond donors (Lipinski definition) is 0. The lowest BCUT2D eigenvalue weighted by molar-refractivity contribution is -0.384. The average Bonchev–Trinajstić information content (AvgIpc) is 3.05. The van der Waals surface area contributed by atoms with Gasteiger partial charge in [-0.3, -0.25) is 24.5 Å². The van der Waals surface area contributed by atoms with Gasteiger partial charge in [-0.25, -0.2) is 4.90 Å². The molecule has 0 radical (unpaired) electrons. The topological polar surface area (TPSA) is 101 Å². The van der Waals surface area contributed by atoms with Crippen molar-refractivity contribution in [3.63, 3.8) is 0 Å². The third-order valence-electron chi connectivity index (χ3n) is 5.23. The zero-order valence-corrected chi connectivity index (χ0v) is 17.4. The zero-order chi connectivity index (χ0) is 22.7. The molecular weight excluding hydrogens is 398 g/mol. The Morgan fingerprint density at radius 3 is 2.32 bits per heavy atom. The van der Waals surface area contributed by atoms with Crippen LogP contribution in [0.3, 0.4) is 0 Å². The number of amides is 3. The fraction of sp³-hybridized carbons (Fsp3) is 0.261. The summed E-state index contributed by atoms with van der Waals surface area (Å²) >= 11 is 0. The molecule has 0 bridgehead atoms. The highest BCUT2D eigenvalue weighted by Crippen LogP contribution is 2.28. The number of benzene rings is 2. The minimum Gasteiger partial charge on any atom is -0.322 e. The number of hydrogen-bond acceptors (Lipinski definition) is 5. The molecule has 1 atom stereocenters. The number of nitro benzene ring substituents is 1. The summed E-state index contributed by atoms with van der Waals surface area (Å²) in [7, 11) is 0. The molecule has 160 valence electrons. The largest absolute Gasteiger partial charge is 0.322 e. The van der Waals surface area contributed by atoms with Gasteiger partial charge in [0.25, 0.3) is 17.5 Å². The van der Waals surface area contributed by atoms with Crippen LogP contribution in [0.5, 0.6) is 0 Å². The van der Waals surface area contributed by atoms with Crippen molar-refractivity contribution < 1.29 is 19.3 Å². The summed E-state index contributed by atoms with van der Waals surface area (Å²) in [6, 6.07) is 11.3. The van der Waals surface area contributed by atoms with E-state index >= 15 is 0 Å². The van der Waals surface area contributed by atoms with Gasteiger partial charge in [-0.05, 0) is 35.7 Å². The summed E-state index contributed by atoms with van der Waals surface area (Å²) < 4.78 is 0. The summed E-state index contributed by atoms with van der Waals surface area (Å²) in [6.07, 6.45) is 1.33. The Morgan fingerprint density at radius 1 is 1.19 bits per heavy atom. The van der Waals surface area contributed by atoms with Crippen LogP contribution in [0, 0.1) is 10.1 Å². The number of anilines is 1. The third kappa shape index (κ3) is 4.37. The van der Waals surface area contributed by atoms with E-state index in [1.807, 2.05) is 26.0 Å². The standard InChI is InChI=1S/C23H23N3O5/c1-4-13-24(22(28)17-7-11-19(12-8-17)26(30)31)20-14-21(27)25(23(20)29)18-9-5-16(6-10-18)15(2)3/h4-12,15,20H,1,13-14H2,2-3H3. The Balaban J connectivity index is 1.86. The van der Waals surface area contributed by atoms with E-state index in [1.165, 1.54) is 35.2 Å². The van der Waals surface area contributed by atoms with Crippen molar-refractivity contribution in [3.8, 4) is 0 Å². The van der Waals surface area contributed by atoms with Crippen molar-refractivity contribution in [2.45, 2.75) is 32.2 Å². The molecule has 1 saturated heterocycles. The number of nitro groups is 1. The van der Waals surface area contributed by atoms with E-state index in [-0.39, 0.29) is 24.2 Å². The molecule has 0 aromatic heterocycles. The molecule has 31 heavy (non-hydrogen) atoms. The van der Waals surface area contributed by atoms with Gasteiger partial charge in [0.15, 0.2) is 0 Å². The Kier molecular flexibility index (Phi) is 6.29. The Labute approximate surface area is 179 Å². The number of rotatable bonds is 7. The van der Waals surface area contributed by atoms with Crippen LogP contribution in [0.15, 0.2) is 61.2 Å². The zero-order valence-electron chi connectivity index (χ0n) is 17.4. The monoisotopic (exact) mass is 421 g/mol. The molecule has 0 saturated carbocycles. The number of carbonyl (C=O) groups is 3. The lowest BCUT2D eigenvalue weighted by Crippen LogP contribution is -2.45. The molecule has 8 nitrogen and oxygen atoms in total. The van der Waals surface area contributed by atoms with E-state index in [2.05, 4.69) is 6.58 Å². The normalized spacial score (nSPS) is 16.0. The number of imide groups is 1. The first-order chi connectivity index (χ1) is 14.7. The first-order valence-electron chi connectivity index (χ1n) is 9.87. The molecule has 2 aromatic rings. The van der Waals surface area contributed by atoms with E-state index in [0.29, 0.717) is 11.6 Å². The fourth-order valence-electron chi connectivity index (χ4n) is 3.52. The lowest BCUT2D eigenvalue weighted by atomic mass is 10.0. The van der Waals surface area contributed by atoms with Crippen LogP contribution in [0.1, 0.15) is 42.1 Å². The summed E-state index contributed by atoms with van der Waals surface area (Å²) in [5.41, 5.74) is 1.59. The second kappa shape index (κ2) is 8.91. The third-order valence-corrected chi connectivity index (χ3v) is 5.23. The van der Waals surface area contributed by atoms with E-state index < -0.39 is 28.7 Å². The predicted octanol–water partition coefficient (Wildman–Crippen LogP) is 3.68. The summed E-state index contributed by atoms with van der Waals surface area (Å²) in [4.78, 5) is 51.5. The summed E-state index contributed by atoms with van der Waals surface area (Å²) in [6.45, 7) is 7.79. The van der Waals surface area contributed by atoms with Gasteiger partial charge >= 0.3 is 0 Å². The van der Waals surface area contributed by atoms with Gasteiger partial charge in [-0.1, -0.05) is 32.1 Å². The van der Waals surface area contributed by atoms with Crippen molar-refractivity contribution in [2.75, 3.05) is 11.4 Å². The molecule has 1 fully saturated rings. The highest BCUT2D eigenvalue weighted by molar-refractivity contribution is 6.23. The van der Waals surface area contributed by atoms with Gasteiger partial charge in [0.2, 0.25) is 5.91 Å². The minimum absolute atomic E-state index is 0.0552. The summed E-state index contributed by atoms with van der Waals surface area (Å²) in [5, 5.41) is 10.8. The van der Waals surface area contributed by atoms with Crippen LogP contribution in [-0.4, -0.2) is 40.1 Å². The van der Waals surface area contributed by atoms with Gasteiger partial charge < -0.3 is 4.90 Å². The van der Waals surface area contributed by atoms with E-state index in [4.69, 9.17) is 0 Å². The van der Waals surface area contributed by atoms with Gasteiger partial charge in [-0.2, -0.15) is 0 Å². The highest BCUT2D eigenvalue weighted by Gasteiger charge is 2.44. The van der Waals surface area contributed by atoms with Gasteiger partial charge in [0.1, 0.15) is 6.04 Å². The lowest BCUT2D eigenvalue weighted by Gasteiger charge is -2.26. The molecular formula is C23H23N3O5. The van der Waals surface area contributed by atoms with Crippen molar-refractivity contribution in [3.05, 3.63) is 82.4 Å². The smallest absolute Gasteiger partial charge is 0.269 e. The van der Waals surface area contributed by atoms with Crippen LogP contribution in [0.25, 0.3) is 0 Å². The molecule has 1 heterocycles. The van der Waals surface area contributed by atoms with E-state index in [1.54, 1.807) is 12.1 Å². The maximum Gasteiger partial charge on any atom is 0.269 e. The van der Waals surface area contributed by atoms with Crippen LogP contribution in [0.4, 0.5) is 11.4 Å². The maximum absolute atomic E-state index is 13.1. The molecule has 8 heteroatoms. The van der Waals surface area contributed by atoms with Crippen LogP contribution >= 0.6 is 0 Å². The van der Waals surface area contributed by atoms with Gasteiger partial charge in [0.05, 0.1) is 17.0 Å². The highest BCUT2D eigenvalue weighted by atomic mass is 16.6. The number of carbonyl (C=O) groups excluding carboxylic acids is 3. The molecule has 1 aliphatic heterocycles. The molecule has 1 aliphatic rings. The quantitative estimate of drug-likeness (QED) is 0.294. The first kappa shape index (κ1) is 21.9. The van der Waals surface area contributed by atoms with Gasteiger partial charge in [0, 0.05) is 24.2 Å². The maximum atomic E-state index is 13.1. The van der Waals surface area contributed by atoms with E-state index in [0.717, 1.165) is 10.5 Å². The predicted molar refractivity (Wildman–Crippen MR) is 116 cm³/mol. The van der Waals surface area contributed by atoms with Gasteiger partial charge in [-0.15, -0.1) is 6.58 Å². The fourth-order valence-corrected chi connectivity index (χ4v) is 3.52. The minimum atomic E-state index is -0.974. The van der Waals surface area contributed by atoms with Crippen molar-refractivity contribution in [1.29, 1.82) is 0 Å². The molecule has 3 rings (SSSR count). The molecule has 0 aliphatic carbocycles. The number of non-ortho nitro benzene ring substituents is 1. The first-order valence-corrected chi connectivity index (χ1v) is 9.87. The van der Waals surface area contributed by atoms with Crippen molar-refractivity contribution >= 4 is 29.1 Å². The van der Waals surface area contributed by atoms with E-state index in [9.17, 15) is 24.5 Å². The number of nitrogens with zero attached hydrogens (tertiary/aromatic N) is 3. The Bertz CT molecular complexity index is 1030. The van der Waals surface area contributed by atoms with Crippen molar-refractivity contribution in [2.24, 2.45) is 0 Å². The molecule has 0 spiro atoms. The molecule has 2 aromatic carbocycles. The van der Waals surface area contributed by atoms with Crippen LogP contribution in [0.2, 0.25) is 0 Å². The van der Waals surface area contributed by atoms with Crippen molar-refractivity contribution in [1.82, 2.24) is 4.90 Å². The van der Waals surface area contributed by atoms with Crippen LogP contribution < -0.4 is 4.90 Å². The molecule has 1 unspecified atom stereocenters. The Hall–Kier alpha value is -3.81. The average molecular weight is 421 g/mol. The summed E-state index contributed by atoms with van der Waals surface area (Å²) in [5.74, 6) is -1.07. The Morgan fingerprint density at radius 2 is 1.81 bits per heavy atom. The molecule has 0 N–H and O–H groups in total. The molecule has 3 amide bonds. The second-order valence-electron chi connectivity index (χ2n) is 7.58. The second-order valence-corrected chi connectivity index (χ2v) is 7.58. The SMILES string of the molecule is C=CCN(C(=O)c1ccc([N+](=O)[O-])cc1)C1CC(=O)N(c2ccc(C(C)C)cc2)C1=O. The van der Waals surface area contributed by atoms with Crippen LogP contribution in [-0.2, 0) is 9.59 Å².